The van der Waals surface area contributed by atoms with E-state index in [-0.39, 0.29) is 22.7 Å². The van der Waals surface area contributed by atoms with Gasteiger partial charge in [-0.05, 0) is 31.6 Å². The number of hydrogen-bond donors (Lipinski definition) is 0. The molecule has 98 valence electrons. The van der Waals surface area contributed by atoms with Crippen LogP contribution in [0, 0.1) is 5.92 Å². The second-order valence-corrected chi connectivity index (χ2v) is 5.04. The molecule has 0 saturated heterocycles. The molecule has 0 radical (unpaired) electrons. The fourth-order valence-electron chi connectivity index (χ4n) is 1.90. The monoisotopic (exact) mass is 357 g/mol. The van der Waals surface area contributed by atoms with Crippen molar-refractivity contribution >= 4 is 9.95 Å². The average Bonchev–Trinajstić information content (AvgIpc) is 2.34. The summed E-state index contributed by atoms with van der Waals surface area (Å²) in [5.74, 6) is 0.0889. The fourth-order valence-corrected chi connectivity index (χ4v) is 2.09. The molecule has 0 spiro atoms. The summed E-state index contributed by atoms with van der Waals surface area (Å²) in [5.41, 5.74) is 0. The zero-order valence-corrected chi connectivity index (χ0v) is 12.2. The molecule has 0 N–H and O–H groups in total. The molecule has 17 heavy (non-hydrogen) atoms. The molecule has 1 rings (SSSR count). The predicted octanol–water partition coefficient (Wildman–Crippen LogP) is -1.84. The fraction of sp³-hybridized carbons (Fsp3) is 0.818. The van der Waals surface area contributed by atoms with Crippen LogP contribution >= 0.6 is 0 Å². The molecule has 6 heteroatoms. The summed E-state index contributed by atoms with van der Waals surface area (Å²) in [6, 6.07) is 0. The van der Waals surface area contributed by atoms with Crippen LogP contribution in [0.2, 0.25) is 0 Å². The number of methoxy groups -OCH3 is 1. The number of hydrogen-bond acceptors (Lipinski definition) is 5. The van der Waals surface area contributed by atoms with Crippen LogP contribution in [0.25, 0.3) is 0 Å². The maximum absolute atomic E-state index is 10.9. The van der Waals surface area contributed by atoms with Crippen LogP contribution < -0.4 is 22.6 Å². The van der Waals surface area contributed by atoms with Crippen LogP contribution in [-0.4, -0.2) is 36.4 Å². The highest BCUT2D eigenvalue weighted by molar-refractivity contribution is 5.70. The Morgan fingerprint density at radius 3 is 2.41 bits per heavy atom. The molecule has 0 atom stereocenters. The van der Waals surface area contributed by atoms with E-state index in [0.717, 1.165) is 25.7 Å². The van der Waals surface area contributed by atoms with Gasteiger partial charge >= 0.3 is 32.5 Å². The topological polar surface area (TPSA) is 61.8 Å². The Labute approximate surface area is 114 Å². The minimum absolute atomic E-state index is 0.0240. The van der Waals surface area contributed by atoms with Gasteiger partial charge in [0.1, 0.15) is 6.61 Å². The summed E-state index contributed by atoms with van der Waals surface area (Å²) < 4.78 is 14.7. The lowest BCUT2D eigenvalue weighted by Crippen LogP contribution is -3.38. The van der Waals surface area contributed by atoms with E-state index in [1.807, 2.05) is 0 Å². The highest BCUT2D eigenvalue weighted by Crippen LogP contribution is 2.26. The SMILES string of the molecule is COC(=O)COC1CCC(COC(=O)[IH+])CC1. The van der Waals surface area contributed by atoms with Gasteiger partial charge in [-0.3, -0.25) is 0 Å². The number of carbonyl (C=O) groups is 2. The highest BCUT2D eigenvalue weighted by Gasteiger charge is 2.23. The van der Waals surface area contributed by atoms with E-state index in [2.05, 4.69) is 4.74 Å². The van der Waals surface area contributed by atoms with Crippen molar-refractivity contribution < 1.29 is 46.4 Å². The lowest BCUT2D eigenvalue weighted by atomic mass is 9.88. The van der Waals surface area contributed by atoms with Crippen molar-refractivity contribution in [2.45, 2.75) is 31.8 Å². The van der Waals surface area contributed by atoms with Gasteiger partial charge in [0, 0.05) is 0 Å². The van der Waals surface area contributed by atoms with E-state index >= 15 is 0 Å². The van der Waals surface area contributed by atoms with Crippen molar-refractivity contribution in [3.05, 3.63) is 0 Å². The van der Waals surface area contributed by atoms with Gasteiger partial charge < -0.3 is 14.2 Å². The third-order valence-electron chi connectivity index (χ3n) is 2.90. The van der Waals surface area contributed by atoms with Gasteiger partial charge in [0.15, 0.2) is 0 Å². The first-order valence-corrected chi connectivity index (χ1v) is 6.80. The van der Waals surface area contributed by atoms with E-state index in [4.69, 9.17) is 9.47 Å². The van der Waals surface area contributed by atoms with E-state index in [9.17, 15) is 9.59 Å². The molecule has 0 bridgehead atoms. The van der Waals surface area contributed by atoms with Gasteiger partial charge in [-0.1, -0.05) is 0 Å². The van der Waals surface area contributed by atoms with Gasteiger partial charge in [-0.25, -0.2) is 4.79 Å². The van der Waals surface area contributed by atoms with Crippen molar-refractivity contribution in [1.29, 1.82) is 0 Å². The Bertz CT molecular complexity index is 261. The summed E-state index contributed by atoms with van der Waals surface area (Å²) in [7, 11) is 1.35. The van der Waals surface area contributed by atoms with Crippen LogP contribution in [0.5, 0.6) is 0 Å². The van der Waals surface area contributed by atoms with Crippen molar-refractivity contribution in [3.63, 3.8) is 0 Å². The summed E-state index contributed by atoms with van der Waals surface area (Å²) in [5, 5.41) is 0. The van der Waals surface area contributed by atoms with E-state index < -0.39 is 0 Å². The lowest BCUT2D eigenvalue weighted by Gasteiger charge is -2.27. The maximum atomic E-state index is 10.9. The molecule has 1 fully saturated rings. The molecule has 1 saturated carbocycles. The van der Waals surface area contributed by atoms with Crippen molar-refractivity contribution in [1.82, 2.24) is 0 Å². The van der Waals surface area contributed by atoms with Crippen molar-refractivity contribution in [2.75, 3.05) is 20.3 Å². The van der Waals surface area contributed by atoms with Crippen molar-refractivity contribution in [3.8, 4) is 0 Å². The molecular formula is C11H18IO5+. The predicted molar refractivity (Wildman–Crippen MR) is 56.5 cm³/mol. The summed E-state index contributed by atoms with van der Waals surface area (Å²) >= 11 is 1.35. The van der Waals surface area contributed by atoms with Gasteiger partial charge in [0.2, 0.25) is 0 Å². The van der Waals surface area contributed by atoms with E-state index in [1.54, 1.807) is 0 Å². The molecule has 0 unspecified atom stereocenters. The van der Waals surface area contributed by atoms with Crippen LogP contribution in [0.3, 0.4) is 0 Å². The molecule has 0 heterocycles. The largest absolute Gasteiger partial charge is 0.550 e. The Morgan fingerprint density at radius 2 is 1.88 bits per heavy atom. The zero-order chi connectivity index (χ0) is 12.7. The van der Waals surface area contributed by atoms with E-state index in [0.29, 0.717) is 12.5 Å². The quantitative estimate of drug-likeness (QED) is 0.329. The molecule has 0 amide bonds. The lowest BCUT2D eigenvalue weighted by molar-refractivity contribution is -0.284. The first-order valence-electron chi connectivity index (χ1n) is 5.64. The highest BCUT2D eigenvalue weighted by atomic mass is 127. The Balaban J connectivity index is 2.13. The van der Waals surface area contributed by atoms with E-state index in [1.165, 1.54) is 29.7 Å². The van der Waals surface area contributed by atoms with Crippen LogP contribution in [0.4, 0.5) is 4.79 Å². The zero-order valence-electron chi connectivity index (χ0n) is 9.85. The molecular weight excluding hydrogens is 339 g/mol. The van der Waals surface area contributed by atoms with Gasteiger partial charge in [-0.15, -0.1) is 0 Å². The second kappa shape index (κ2) is 7.86. The van der Waals surface area contributed by atoms with Gasteiger partial charge in [0.25, 0.3) is 0 Å². The molecule has 0 aliphatic heterocycles. The molecule has 5 nitrogen and oxygen atoms in total. The average molecular weight is 357 g/mol. The second-order valence-electron chi connectivity index (χ2n) is 4.09. The third-order valence-corrected chi connectivity index (χ3v) is 3.23. The van der Waals surface area contributed by atoms with Crippen LogP contribution in [0.15, 0.2) is 0 Å². The van der Waals surface area contributed by atoms with Crippen molar-refractivity contribution in [2.24, 2.45) is 5.92 Å². The number of rotatable bonds is 5. The maximum Gasteiger partial charge on any atom is 0.550 e. The normalized spacial score (nSPS) is 24.1. The molecule has 0 aromatic heterocycles. The van der Waals surface area contributed by atoms with Crippen LogP contribution in [0.1, 0.15) is 25.7 Å². The van der Waals surface area contributed by atoms with Gasteiger partial charge in [-0.2, -0.15) is 4.79 Å². The number of ether oxygens (including phenoxy) is 3. The standard InChI is InChI=1S/C11H18IO5/c1-15-10(13)7-16-9-4-2-8(3-5-9)6-17-11(12)14/h8-9,12H,2-7H2,1H3/q+1. The minimum Gasteiger partial charge on any atom is -0.467 e. The first-order chi connectivity index (χ1) is 8.11. The Kier molecular flexibility index (Phi) is 6.79. The molecule has 1 aliphatic rings. The molecule has 0 aromatic carbocycles. The molecule has 0 aromatic rings. The smallest absolute Gasteiger partial charge is 0.467 e. The minimum atomic E-state index is -0.340. The first kappa shape index (κ1) is 14.7. The van der Waals surface area contributed by atoms with Gasteiger partial charge in [0.05, 0.1) is 19.8 Å². The number of carbonyl (C=O) groups excluding carboxylic acids is 2. The summed E-state index contributed by atoms with van der Waals surface area (Å²) in [4.78, 5) is 21.6. The Morgan fingerprint density at radius 1 is 1.24 bits per heavy atom. The summed E-state index contributed by atoms with van der Waals surface area (Å²) in [6.07, 6.45) is 3.89. The number of esters is 1. The van der Waals surface area contributed by atoms with Crippen LogP contribution in [-0.2, 0) is 19.0 Å². The summed E-state index contributed by atoms with van der Waals surface area (Å²) in [6.45, 7) is 0.526. The molecule has 1 aliphatic carbocycles. The third kappa shape index (κ3) is 6.21. The number of halogens is 1. The Hall–Kier alpha value is -0.370.